The summed E-state index contributed by atoms with van der Waals surface area (Å²) < 4.78 is 0. The summed E-state index contributed by atoms with van der Waals surface area (Å²) >= 11 is 0. The lowest BCUT2D eigenvalue weighted by Crippen LogP contribution is -2.37. The smallest absolute Gasteiger partial charge is 0.231 e. The fourth-order valence-corrected chi connectivity index (χ4v) is 1.40. The highest BCUT2D eigenvalue weighted by Crippen LogP contribution is 2.09. The van der Waals surface area contributed by atoms with E-state index in [2.05, 4.69) is 0 Å². The first kappa shape index (κ1) is 9.03. The summed E-state index contributed by atoms with van der Waals surface area (Å²) in [7, 11) is 0. The van der Waals surface area contributed by atoms with Gasteiger partial charge in [0.1, 0.15) is 6.42 Å². The molecule has 0 radical (unpaired) electrons. The van der Waals surface area contributed by atoms with Gasteiger partial charge in [-0.05, 0) is 19.3 Å². The molecule has 1 fully saturated rings. The van der Waals surface area contributed by atoms with Crippen molar-refractivity contribution in [3.63, 3.8) is 0 Å². The molecule has 1 heterocycles. The first-order valence-electron chi connectivity index (χ1n) is 4.26. The van der Waals surface area contributed by atoms with Crippen molar-refractivity contribution in [2.45, 2.75) is 25.7 Å². The standard InChI is InChI=1S/C8H14N2O2/c9-7(11)6-8(12)10-4-2-1-3-5-10/h1-6H2,(H2,9,11). The Morgan fingerprint density at radius 3 is 2.25 bits per heavy atom. The maximum atomic E-state index is 11.2. The molecule has 68 valence electrons. The van der Waals surface area contributed by atoms with Gasteiger partial charge in [-0.25, -0.2) is 0 Å². The number of hydrogen-bond donors (Lipinski definition) is 1. The second kappa shape index (κ2) is 4.09. The zero-order chi connectivity index (χ0) is 8.97. The Morgan fingerprint density at radius 2 is 1.75 bits per heavy atom. The van der Waals surface area contributed by atoms with Crippen LogP contribution < -0.4 is 5.73 Å². The summed E-state index contributed by atoms with van der Waals surface area (Å²) in [5.74, 6) is -0.659. The number of amides is 2. The summed E-state index contributed by atoms with van der Waals surface area (Å²) in [6, 6.07) is 0. The molecule has 4 heteroatoms. The van der Waals surface area contributed by atoms with E-state index >= 15 is 0 Å². The maximum Gasteiger partial charge on any atom is 0.231 e. The average Bonchev–Trinajstić information content (AvgIpc) is 2.05. The Labute approximate surface area is 71.7 Å². The lowest BCUT2D eigenvalue weighted by Gasteiger charge is -2.26. The number of hydrogen-bond acceptors (Lipinski definition) is 2. The molecule has 2 N–H and O–H groups in total. The maximum absolute atomic E-state index is 11.2. The van der Waals surface area contributed by atoms with E-state index in [1.807, 2.05) is 0 Å². The fourth-order valence-electron chi connectivity index (χ4n) is 1.40. The predicted molar refractivity (Wildman–Crippen MR) is 44.2 cm³/mol. The summed E-state index contributed by atoms with van der Waals surface area (Å²) in [6.45, 7) is 1.57. The molecule has 1 saturated heterocycles. The molecule has 1 aliphatic heterocycles. The third-order valence-electron chi connectivity index (χ3n) is 2.03. The number of primary amides is 1. The van der Waals surface area contributed by atoms with Crippen molar-refractivity contribution in [2.75, 3.05) is 13.1 Å². The molecule has 0 spiro atoms. The van der Waals surface area contributed by atoms with Crippen molar-refractivity contribution in [1.29, 1.82) is 0 Å². The number of piperidine rings is 1. The molecular weight excluding hydrogens is 156 g/mol. The summed E-state index contributed by atoms with van der Waals surface area (Å²) in [5.41, 5.74) is 4.91. The molecule has 0 atom stereocenters. The Morgan fingerprint density at radius 1 is 1.17 bits per heavy atom. The number of nitrogens with zero attached hydrogens (tertiary/aromatic N) is 1. The van der Waals surface area contributed by atoms with E-state index in [0.717, 1.165) is 25.9 Å². The van der Waals surface area contributed by atoms with Crippen LogP contribution in [-0.4, -0.2) is 29.8 Å². The van der Waals surface area contributed by atoms with Crippen molar-refractivity contribution < 1.29 is 9.59 Å². The van der Waals surface area contributed by atoms with Gasteiger partial charge >= 0.3 is 0 Å². The van der Waals surface area contributed by atoms with E-state index in [1.54, 1.807) is 4.90 Å². The molecule has 2 amide bonds. The molecule has 0 aliphatic carbocycles. The number of carbonyl (C=O) groups excluding carboxylic acids is 2. The molecule has 0 bridgehead atoms. The second-order valence-electron chi connectivity index (χ2n) is 3.08. The topological polar surface area (TPSA) is 63.4 Å². The van der Waals surface area contributed by atoms with E-state index in [1.165, 1.54) is 6.42 Å². The van der Waals surface area contributed by atoms with Gasteiger partial charge in [-0.15, -0.1) is 0 Å². The number of likely N-dealkylation sites (tertiary alicyclic amines) is 1. The van der Waals surface area contributed by atoms with Crippen LogP contribution in [0.5, 0.6) is 0 Å². The number of carbonyl (C=O) groups is 2. The van der Waals surface area contributed by atoms with Gasteiger partial charge in [0.2, 0.25) is 11.8 Å². The van der Waals surface area contributed by atoms with Gasteiger partial charge in [0.25, 0.3) is 0 Å². The Kier molecular flexibility index (Phi) is 3.08. The monoisotopic (exact) mass is 170 g/mol. The lowest BCUT2D eigenvalue weighted by atomic mass is 10.1. The molecule has 0 aromatic heterocycles. The lowest BCUT2D eigenvalue weighted by molar-refractivity contribution is -0.135. The number of rotatable bonds is 2. The minimum Gasteiger partial charge on any atom is -0.369 e. The van der Waals surface area contributed by atoms with Gasteiger partial charge in [-0.3, -0.25) is 9.59 Å². The quantitative estimate of drug-likeness (QED) is 0.587. The Hall–Kier alpha value is -1.06. The first-order valence-corrected chi connectivity index (χ1v) is 4.26. The van der Waals surface area contributed by atoms with Crippen LogP contribution >= 0.6 is 0 Å². The van der Waals surface area contributed by atoms with Crippen LogP contribution in [0, 0.1) is 0 Å². The van der Waals surface area contributed by atoms with Gasteiger partial charge in [0.05, 0.1) is 0 Å². The van der Waals surface area contributed by atoms with E-state index < -0.39 is 5.91 Å². The largest absolute Gasteiger partial charge is 0.369 e. The summed E-state index contributed by atoms with van der Waals surface area (Å²) in [5, 5.41) is 0. The highest BCUT2D eigenvalue weighted by atomic mass is 16.2. The zero-order valence-corrected chi connectivity index (χ0v) is 7.08. The minimum atomic E-state index is -0.537. The third-order valence-corrected chi connectivity index (χ3v) is 2.03. The van der Waals surface area contributed by atoms with Gasteiger partial charge in [-0.1, -0.05) is 0 Å². The number of nitrogens with two attached hydrogens (primary N) is 1. The van der Waals surface area contributed by atoms with Crippen LogP contribution in [0.3, 0.4) is 0 Å². The van der Waals surface area contributed by atoms with Crippen LogP contribution in [0.15, 0.2) is 0 Å². The normalized spacial score (nSPS) is 17.5. The Bertz CT molecular complexity index is 185. The molecule has 0 unspecified atom stereocenters. The van der Waals surface area contributed by atoms with E-state index in [4.69, 9.17) is 5.73 Å². The molecule has 0 saturated carbocycles. The van der Waals surface area contributed by atoms with Gasteiger partial charge in [-0.2, -0.15) is 0 Å². The highest BCUT2D eigenvalue weighted by molar-refractivity contribution is 5.96. The highest BCUT2D eigenvalue weighted by Gasteiger charge is 2.17. The molecular formula is C8H14N2O2. The van der Waals surface area contributed by atoms with Crippen LogP contribution in [0.1, 0.15) is 25.7 Å². The Balaban J connectivity index is 2.34. The second-order valence-corrected chi connectivity index (χ2v) is 3.08. The minimum absolute atomic E-state index is 0.123. The SMILES string of the molecule is NC(=O)CC(=O)N1CCCCC1. The van der Waals surface area contributed by atoms with Crippen LogP contribution in [0.4, 0.5) is 0 Å². The molecule has 0 aromatic rings. The van der Waals surface area contributed by atoms with Gasteiger partial charge in [0, 0.05) is 13.1 Å². The zero-order valence-electron chi connectivity index (χ0n) is 7.08. The van der Waals surface area contributed by atoms with Gasteiger partial charge in [0.15, 0.2) is 0 Å². The van der Waals surface area contributed by atoms with Crippen molar-refractivity contribution in [3.05, 3.63) is 0 Å². The van der Waals surface area contributed by atoms with E-state index in [-0.39, 0.29) is 12.3 Å². The average molecular weight is 170 g/mol. The van der Waals surface area contributed by atoms with E-state index in [0.29, 0.717) is 0 Å². The van der Waals surface area contributed by atoms with Crippen molar-refractivity contribution in [3.8, 4) is 0 Å². The molecule has 1 rings (SSSR count). The molecule has 4 nitrogen and oxygen atoms in total. The van der Waals surface area contributed by atoms with E-state index in [9.17, 15) is 9.59 Å². The fraction of sp³-hybridized carbons (Fsp3) is 0.750. The van der Waals surface area contributed by atoms with Gasteiger partial charge < -0.3 is 10.6 Å². The third kappa shape index (κ3) is 2.53. The van der Waals surface area contributed by atoms with Crippen LogP contribution in [0.2, 0.25) is 0 Å². The van der Waals surface area contributed by atoms with Crippen LogP contribution in [-0.2, 0) is 9.59 Å². The van der Waals surface area contributed by atoms with Crippen LogP contribution in [0.25, 0.3) is 0 Å². The molecule has 1 aliphatic rings. The van der Waals surface area contributed by atoms with Crippen molar-refractivity contribution >= 4 is 11.8 Å². The summed E-state index contributed by atoms with van der Waals surface area (Å²) in [4.78, 5) is 23.4. The van der Waals surface area contributed by atoms with Crippen molar-refractivity contribution in [2.24, 2.45) is 5.73 Å². The summed E-state index contributed by atoms with van der Waals surface area (Å²) in [6.07, 6.45) is 3.13. The predicted octanol–water partition coefficient (Wildman–Crippen LogP) is -0.126. The molecule has 0 aromatic carbocycles. The molecule has 12 heavy (non-hydrogen) atoms. The first-order chi connectivity index (χ1) is 5.70. The van der Waals surface area contributed by atoms with Crippen molar-refractivity contribution in [1.82, 2.24) is 4.90 Å².